The van der Waals surface area contributed by atoms with Gasteiger partial charge in [-0.2, -0.15) is 0 Å². The highest BCUT2D eigenvalue weighted by atomic mass is 79.9. The predicted molar refractivity (Wildman–Crippen MR) is 84.7 cm³/mol. The number of ether oxygens (including phenoxy) is 2. The van der Waals surface area contributed by atoms with Crippen molar-refractivity contribution in [2.45, 2.75) is 49.5 Å². The molecule has 2 aliphatic rings. The van der Waals surface area contributed by atoms with E-state index in [0.29, 0.717) is 16.3 Å². The molecule has 20 heavy (non-hydrogen) atoms. The van der Waals surface area contributed by atoms with Gasteiger partial charge in [0.1, 0.15) is 11.9 Å². The van der Waals surface area contributed by atoms with Crippen LogP contribution in [-0.2, 0) is 11.2 Å². The van der Waals surface area contributed by atoms with Crippen LogP contribution in [0.25, 0.3) is 0 Å². The highest BCUT2D eigenvalue weighted by Crippen LogP contribution is 2.57. The van der Waals surface area contributed by atoms with Crippen molar-refractivity contribution in [3.8, 4) is 5.75 Å². The molecular formula is C17H23BrO2. The number of hydrogen-bond acceptors (Lipinski definition) is 2. The molecule has 3 heteroatoms. The summed E-state index contributed by atoms with van der Waals surface area (Å²) in [5.74, 6) is 1.02. The Labute approximate surface area is 130 Å². The molecule has 0 N–H and O–H groups in total. The third-order valence-corrected chi connectivity index (χ3v) is 6.30. The van der Waals surface area contributed by atoms with Gasteiger partial charge in [-0.3, -0.25) is 0 Å². The van der Waals surface area contributed by atoms with Gasteiger partial charge in [-0.1, -0.05) is 40.9 Å². The zero-order valence-electron chi connectivity index (χ0n) is 12.1. The molecule has 0 amide bonds. The molecule has 0 aliphatic heterocycles. The van der Waals surface area contributed by atoms with Crippen LogP contribution in [0.4, 0.5) is 0 Å². The molecule has 1 aromatic carbocycles. The summed E-state index contributed by atoms with van der Waals surface area (Å²) in [7, 11) is 1.74. The molecule has 0 aromatic heterocycles. The lowest BCUT2D eigenvalue weighted by Gasteiger charge is -2.51. The Bertz CT molecular complexity index is 437. The van der Waals surface area contributed by atoms with Crippen molar-refractivity contribution in [1.29, 1.82) is 0 Å². The second-order valence-electron chi connectivity index (χ2n) is 6.14. The molecule has 1 spiro atoms. The molecule has 0 heterocycles. The molecule has 0 bridgehead atoms. The number of rotatable bonds is 5. The quantitative estimate of drug-likeness (QED) is 0.743. The van der Waals surface area contributed by atoms with Gasteiger partial charge in [-0.15, -0.1) is 0 Å². The first kappa shape index (κ1) is 14.4. The fourth-order valence-electron chi connectivity index (χ4n) is 3.65. The zero-order valence-corrected chi connectivity index (χ0v) is 13.7. The summed E-state index contributed by atoms with van der Waals surface area (Å²) in [6, 6.07) is 8.52. The molecule has 110 valence electrons. The first-order valence-corrected chi connectivity index (χ1v) is 8.55. The van der Waals surface area contributed by atoms with E-state index in [0.717, 1.165) is 25.2 Å². The molecule has 3 rings (SSSR count). The third kappa shape index (κ3) is 2.62. The summed E-state index contributed by atoms with van der Waals surface area (Å²) < 4.78 is 11.4. The van der Waals surface area contributed by atoms with Crippen LogP contribution >= 0.6 is 15.9 Å². The molecule has 0 radical (unpaired) electrons. The minimum atomic E-state index is 0.402. The van der Waals surface area contributed by atoms with Crippen LogP contribution in [0, 0.1) is 5.41 Å². The van der Waals surface area contributed by atoms with E-state index in [-0.39, 0.29) is 0 Å². The highest BCUT2D eigenvalue weighted by molar-refractivity contribution is 9.09. The van der Waals surface area contributed by atoms with Crippen molar-refractivity contribution in [1.82, 2.24) is 0 Å². The van der Waals surface area contributed by atoms with E-state index in [2.05, 4.69) is 40.2 Å². The second-order valence-corrected chi connectivity index (χ2v) is 7.24. The van der Waals surface area contributed by atoms with Crippen molar-refractivity contribution < 1.29 is 9.47 Å². The van der Waals surface area contributed by atoms with E-state index in [1.165, 1.54) is 31.2 Å². The maximum absolute atomic E-state index is 6.26. The standard InChI is InChI=1S/C17H23BrO2/c1-19-11-8-13-4-6-14(7-5-13)20-16-12-15(18)17(16)9-2-3-10-17/h4-7,15-16H,2-3,8-12H2,1H3. The summed E-state index contributed by atoms with van der Waals surface area (Å²) in [5, 5.41) is 0. The van der Waals surface area contributed by atoms with Crippen LogP contribution in [-0.4, -0.2) is 24.6 Å². The largest absolute Gasteiger partial charge is 0.490 e. The van der Waals surface area contributed by atoms with E-state index >= 15 is 0 Å². The molecule has 1 aromatic rings. The molecule has 2 fully saturated rings. The summed E-state index contributed by atoms with van der Waals surface area (Å²) in [6.07, 6.45) is 7.87. The second kappa shape index (κ2) is 6.07. The van der Waals surface area contributed by atoms with Crippen LogP contribution in [0.15, 0.2) is 24.3 Å². The number of alkyl halides is 1. The average Bonchev–Trinajstić information content (AvgIpc) is 2.99. The lowest BCUT2D eigenvalue weighted by atomic mass is 9.64. The van der Waals surface area contributed by atoms with Gasteiger partial charge < -0.3 is 9.47 Å². The highest BCUT2D eigenvalue weighted by Gasteiger charge is 2.56. The minimum Gasteiger partial charge on any atom is -0.490 e. The number of halogens is 1. The molecule has 0 saturated heterocycles. The van der Waals surface area contributed by atoms with Gasteiger partial charge in [0, 0.05) is 17.4 Å². The summed E-state index contributed by atoms with van der Waals surface area (Å²) in [4.78, 5) is 0.656. The smallest absolute Gasteiger partial charge is 0.119 e. The molecule has 2 nitrogen and oxygen atoms in total. The Morgan fingerprint density at radius 2 is 1.90 bits per heavy atom. The van der Waals surface area contributed by atoms with Crippen LogP contribution in [0.2, 0.25) is 0 Å². The molecule has 2 saturated carbocycles. The topological polar surface area (TPSA) is 18.5 Å². The Kier molecular flexibility index (Phi) is 4.37. The normalized spacial score (nSPS) is 27.5. The van der Waals surface area contributed by atoms with Crippen molar-refractivity contribution in [2.24, 2.45) is 5.41 Å². The third-order valence-electron chi connectivity index (χ3n) is 5.02. The van der Waals surface area contributed by atoms with Gasteiger partial charge in [-0.05, 0) is 43.4 Å². The van der Waals surface area contributed by atoms with Gasteiger partial charge in [0.05, 0.1) is 6.61 Å². The van der Waals surface area contributed by atoms with Gasteiger partial charge in [0.2, 0.25) is 0 Å². The number of benzene rings is 1. The molecule has 2 aliphatic carbocycles. The average molecular weight is 339 g/mol. The maximum atomic E-state index is 6.26. The lowest BCUT2D eigenvalue weighted by Crippen LogP contribution is -2.55. The van der Waals surface area contributed by atoms with Crippen molar-refractivity contribution in [3.63, 3.8) is 0 Å². The van der Waals surface area contributed by atoms with Gasteiger partial charge in [-0.25, -0.2) is 0 Å². The minimum absolute atomic E-state index is 0.402. The van der Waals surface area contributed by atoms with Crippen molar-refractivity contribution in [2.75, 3.05) is 13.7 Å². The van der Waals surface area contributed by atoms with Crippen molar-refractivity contribution >= 4 is 15.9 Å². The summed E-state index contributed by atoms with van der Waals surface area (Å²) in [5.41, 5.74) is 1.72. The van der Waals surface area contributed by atoms with Crippen molar-refractivity contribution in [3.05, 3.63) is 29.8 Å². The fourth-order valence-corrected chi connectivity index (χ4v) is 4.74. The van der Waals surface area contributed by atoms with Crippen LogP contribution in [0.1, 0.15) is 37.7 Å². The van der Waals surface area contributed by atoms with Gasteiger partial charge in [0.15, 0.2) is 0 Å². The monoisotopic (exact) mass is 338 g/mol. The maximum Gasteiger partial charge on any atom is 0.119 e. The van der Waals surface area contributed by atoms with E-state index in [4.69, 9.17) is 9.47 Å². The molecule has 2 atom stereocenters. The van der Waals surface area contributed by atoms with E-state index in [1.54, 1.807) is 7.11 Å². The lowest BCUT2D eigenvalue weighted by molar-refractivity contribution is -0.0304. The van der Waals surface area contributed by atoms with E-state index in [9.17, 15) is 0 Å². The number of hydrogen-bond donors (Lipinski definition) is 0. The van der Waals surface area contributed by atoms with E-state index in [1.807, 2.05) is 0 Å². The van der Waals surface area contributed by atoms with Crippen LogP contribution < -0.4 is 4.74 Å². The summed E-state index contributed by atoms with van der Waals surface area (Å²) >= 11 is 3.84. The SMILES string of the molecule is COCCc1ccc(OC2CC(Br)C23CCCC3)cc1. The predicted octanol–water partition coefficient (Wildman–Crippen LogP) is 4.35. The van der Waals surface area contributed by atoms with Crippen LogP contribution in [0.5, 0.6) is 5.75 Å². The Morgan fingerprint density at radius 1 is 1.20 bits per heavy atom. The van der Waals surface area contributed by atoms with E-state index < -0.39 is 0 Å². The Balaban J connectivity index is 1.60. The van der Waals surface area contributed by atoms with Crippen LogP contribution in [0.3, 0.4) is 0 Å². The molecule has 2 unspecified atom stereocenters. The van der Waals surface area contributed by atoms with Gasteiger partial charge in [0.25, 0.3) is 0 Å². The summed E-state index contributed by atoms with van der Waals surface area (Å²) in [6.45, 7) is 0.775. The number of methoxy groups -OCH3 is 1. The fraction of sp³-hybridized carbons (Fsp3) is 0.647. The Morgan fingerprint density at radius 3 is 2.50 bits per heavy atom. The first-order chi connectivity index (χ1) is 9.74. The van der Waals surface area contributed by atoms with Gasteiger partial charge >= 0.3 is 0 Å². The Hall–Kier alpha value is -0.540. The first-order valence-electron chi connectivity index (χ1n) is 7.63. The molecular weight excluding hydrogens is 316 g/mol. The zero-order chi connectivity index (χ0) is 14.0.